The summed E-state index contributed by atoms with van der Waals surface area (Å²) in [6.07, 6.45) is 1.35. The average Bonchev–Trinajstić information content (AvgIpc) is 2.48. The lowest BCUT2D eigenvalue weighted by Gasteiger charge is -2.07. The third kappa shape index (κ3) is 5.73. The summed E-state index contributed by atoms with van der Waals surface area (Å²) in [6, 6.07) is 15.4. The predicted molar refractivity (Wildman–Crippen MR) is 94.2 cm³/mol. The molecule has 2 aromatic carbocycles. The summed E-state index contributed by atoms with van der Waals surface area (Å²) in [7, 11) is 0. The zero-order valence-electron chi connectivity index (χ0n) is 11.3. The molecule has 0 bridgehead atoms. The number of amides is 1. The molecule has 0 atom stereocenters. The fraction of sp³-hybridized carbons (Fsp3) is 0.188. The van der Waals surface area contributed by atoms with Gasteiger partial charge in [0.25, 0.3) is 0 Å². The fourth-order valence-electron chi connectivity index (χ4n) is 1.73. The summed E-state index contributed by atoms with van der Waals surface area (Å²) in [4.78, 5) is 13.0. The van der Waals surface area contributed by atoms with E-state index >= 15 is 0 Å². The molecule has 0 aliphatic carbocycles. The largest absolute Gasteiger partial charge is 0.325 e. The monoisotopic (exact) mass is 383 g/mol. The summed E-state index contributed by atoms with van der Waals surface area (Å²) < 4.78 is 0.897. The molecule has 1 amide bonds. The number of carbonyl (C=O) groups is 1. The molecule has 0 aliphatic rings. The molecule has 0 heterocycles. The lowest BCUT2D eigenvalue weighted by Crippen LogP contribution is -2.11. The Balaban J connectivity index is 1.70. The second kappa shape index (κ2) is 8.47. The van der Waals surface area contributed by atoms with E-state index < -0.39 is 0 Å². The zero-order chi connectivity index (χ0) is 15.1. The molecule has 2 nitrogen and oxygen atoms in total. The highest BCUT2D eigenvalue weighted by Gasteiger charge is 2.05. The molecular formula is C16H15BrClNOS. The fourth-order valence-corrected chi connectivity index (χ4v) is 3.09. The maximum atomic E-state index is 11.9. The first kappa shape index (κ1) is 16.4. The van der Waals surface area contributed by atoms with Crippen LogP contribution in [0.1, 0.15) is 12.8 Å². The van der Waals surface area contributed by atoms with Gasteiger partial charge in [0.05, 0.1) is 5.69 Å². The Morgan fingerprint density at radius 1 is 1.14 bits per heavy atom. The van der Waals surface area contributed by atoms with Crippen LogP contribution in [0.25, 0.3) is 0 Å². The van der Waals surface area contributed by atoms with Crippen LogP contribution in [0, 0.1) is 0 Å². The van der Waals surface area contributed by atoms with Crippen molar-refractivity contribution in [2.75, 3.05) is 11.1 Å². The van der Waals surface area contributed by atoms with Crippen molar-refractivity contribution in [2.45, 2.75) is 17.7 Å². The summed E-state index contributed by atoms with van der Waals surface area (Å²) in [5.41, 5.74) is 0.813. The maximum Gasteiger partial charge on any atom is 0.224 e. The summed E-state index contributed by atoms with van der Waals surface area (Å²) >= 11 is 11.0. The molecule has 2 aromatic rings. The van der Waals surface area contributed by atoms with Gasteiger partial charge in [-0.05, 0) is 64.5 Å². The number of para-hydroxylation sites is 1. The molecule has 0 spiro atoms. The second-order valence-corrected chi connectivity index (χ2v) is 6.89. The van der Waals surface area contributed by atoms with Crippen molar-refractivity contribution in [1.29, 1.82) is 0 Å². The van der Waals surface area contributed by atoms with Crippen LogP contribution in [0.15, 0.2) is 57.9 Å². The molecule has 110 valence electrons. The molecule has 0 unspecified atom stereocenters. The number of nitrogens with one attached hydrogen (secondary N) is 1. The molecular weight excluding hydrogens is 370 g/mol. The van der Waals surface area contributed by atoms with E-state index in [2.05, 4.69) is 21.2 Å². The number of rotatable bonds is 6. The van der Waals surface area contributed by atoms with Crippen LogP contribution in [0.3, 0.4) is 0 Å². The van der Waals surface area contributed by atoms with Gasteiger partial charge < -0.3 is 5.32 Å². The number of carbonyl (C=O) groups excluding carboxylic acids is 1. The molecule has 0 aliphatic heterocycles. The first-order valence-corrected chi connectivity index (χ1v) is 8.73. The van der Waals surface area contributed by atoms with Crippen LogP contribution in [0.4, 0.5) is 5.69 Å². The first-order chi connectivity index (χ1) is 10.1. The molecule has 0 saturated heterocycles. The quantitative estimate of drug-likeness (QED) is 0.518. The summed E-state index contributed by atoms with van der Waals surface area (Å²) in [6.45, 7) is 0. The number of benzene rings is 2. The van der Waals surface area contributed by atoms with Gasteiger partial charge in [0.1, 0.15) is 0 Å². The number of hydrogen-bond donors (Lipinski definition) is 1. The lowest BCUT2D eigenvalue weighted by atomic mass is 10.3. The molecule has 2 rings (SSSR count). The molecule has 1 N–H and O–H groups in total. The van der Waals surface area contributed by atoms with Gasteiger partial charge >= 0.3 is 0 Å². The predicted octanol–water partition coefficient (Wildman–Crippen LogP) is 5.61. The smallest absolute Gasteiger partial charge is 0.224 e. The van der Waals surface area contributed by atoms with Gasteiger partial charge in [0, 0.05) is 20.8 Å². The first-order valence-electron chi connectivity index (χ1n) is 6.58. The minimum Gasteiger partial charge on any atom is -0.325 e. The van der Waals surface area contributed by atoms with Gasteiger partial charge in [-0.3, -0.25) is 4.79 Å². The van der Waals surface area contributed by atoms with Crippen molar-refractivity contribution in [3.05, 3.63) is 58.0 Å². The van der Waals surface area contributed by atoms with E-state index in [9.17, 15) is 4.79 Å². The van der Waals surface area contributed by atoms with Crippen LogP contribution in [0.2, 0.25) is 5.02 Å². The number of hydrogen-bond acceptors (Lipinski definition) is 2. The van der Waals surface area contributed by atoms with E-state index in [0.717, 1.165) is 27.4 Å². The third-order valence-corrected chi connectivity index (χ3v) is 4.82. The standard InChI is InChI=1S/C16H15BrClNOS/c17-14-4-1-2-5-15(14)19-16(20)6-3-11-21-13-9-7-12(18)8-10-13/h1-2,4-5,7-10H,3,6,11H2,(H,19,20). The van der Waals surface area contributed by atoms with Crippen LogP contribution >= 0.6 is 39.3 Å². The van der Waals surface area contributed by atoms with Crippen molar-refractivity contribution < 1.29 is 4.79 Å². The Bertz CT molecular complexity index is 603. The Morgan fingerprint density at radius 3 is 2.57 bits per heavy atom. The Labute approximate surface area is 142 Å². The van der Waals surface area contributed by atoms with Gasteiger partial charge in [-0.2, -0.15) is 0 Å². The lowest BCUT2D eigenvalue weighted by molar-refractivity contribution is -0.116. The molecule has 0 aromatic heterocycles. The Morgan fingerprint density at radius 2 is 1.86 bits per heavy atom. The van der Waals surface area contributed by atoms with Crippen molar-refractivity contribution >= 4 is 50.9 Å². The maximum absolute atomic E-state index is 11.9. The topological polar surface area (TPSA) is 29.1 Å². The number of halogens is 2. The van der Waals surface area contributed by atoms with Gasteiger partial charge in [-0.25, -0.2) is 0 Å². The summed E-state index contributed by atoms with van der Waals surface area (Å²) in [5.74, 6) is 0.948. The van der Waals surface area contributed by atoms with Gasteiger partial charge in [-0.1, -0.05) is 23.7 Å². The Hall–Kier alpha value is -0.970. The van der Waals surface area contributed by atoms with Crippen LogP contribution in [-0.4, -0.2) is 11.7 Å². The third-order valence-electron chi connectivity index (χ3n) is 2.78. The second-order valence-electron chi connectivity index (χ2n) is 4.43. The van der Waals surface area contributed by atoms with E-state index in [1.807, 2.05) is 48.5 Å². The minimum atomic E-state index is 0.0404. The highest BCUT2D eigenvalue weighted by Crippen LogP contribution is 2.23. The van der Waals surface area contributed by atoms with Crippen LogP contribution < -0.4 is 5.32 Å². The number of thioether (sulfide) groups is 1. The normalized spacial score (nSPS) is 10.4. The van der Waals surface area contributed by atoms with E-state index in [4.69, 9.17) is 11.6 Å². The van der Waals surface area contributed by atoms with Crippen molar-refractivity contribution in [3.8, 4) is 0 Å². The highest BCUT2D eigenvalue weighted by atomic mass is 79.9. The molecule has 0 radical (unpaired) electrons. The van der Waals surface area contributed by atoms with Crippen molar-refractivity contribution in [3.63, 3.8) is 0 Å². The zero-order valence-corrected chi connectivity index (χ0v) is 14.5. The molecule has 5 heteroatoms. The van der Waals surface area contributed by atoms with Crippen molar-refractivity contribution in [2.24, 2.45) is 0 Å². The Kier molecular flexibility index (Phi) is 6.61. The number of anilines is 1. The summed E-state index contributed by atoms with van der Waals surface area (Å²) in [5, 5.41) is 3.65. The molecule has 0 saturated carbocycles. The van der Waals surface area contributed by atoms with Crippen molar-refractivity contribution in [1.82, 2.24) is 0 Å². The SMILES string of the molecule is O=C(CCCSc1ccc(Cl)cc1)Nc1ccccc1Br. The van der Waals surface area contributed by atoms with E-state index in [1.165, 1.54) is 4.90 Å². The molecule has 0 fully saturated rings. The molecule has 21 heavy (non-hydrogen) atoms. The van der Waals surface area contributed by atoms with Crippen LogP contribution in [0.5, 0.6) is 0 Å². The highest BCUT2D eigenvalue weighted by molar-refractivity contribution is 9.10. The van der Waals surface area contributed by atoms with Gasteiger partial charge in [-0.15, -0.1) is 11.8 Å². The van der Waals surface area contributed by atoms with Gasteiger partial charge in [0.15, 0.2) is 0 Å². The van der Waals surface area contributed by atoms with E-state index in [-0.39, 0.29) is 5.91 Å². The van der Waals surface area contributed by atoms with E-state index in [0.29, 0.717) is 6.42 Å². The van der Waals surface area contributed by atoms with Gasteiger partial charge in [0.2, 0.25) is 5.91 Å². The van der Waals surface area contributed by atoms with Crippen LogP contribution in [-0.2, 0) is 4.79 Å². The average molecular weight is 385 g/mol. The minimum absolute atomic E-state index is 0.0404. The van der Waals surface area contributed by atoms with E-state index in [1.54, 1.807) is 11.8 Å².